The van der Waals surface area contributed by atoms with Crippen molar-refractivity contribution in [2.24, 2.45) is 0 Å². The molecule has 2 aromatic rings. The Morgan fingerprint density at radius 1 is 1.18 bits per heavy atom. The van der Waals surface area contributed by atoms with Crippen molar-refractivity contribution in [1.29, 1.82) is 0 Å². The normalized spacial score (nSPS) is 10.4. The van der Waals surface area contributed by atoms with Crippen molar-refractivity contribution in [1.82, 2.24) is 0 Å². The highest BCUT2D eigenvalue weighted by molar-refractivity contribution is 9.10. The van der Waals surface area contributed by atoms with Gasteiger partial charge in [-0.3, -0.25) is 4.79 Å². The van der Waals surface area contributed by atoms with Crippen LogP contribution in [0.1, 0.15) is 6.42 Å². The summed E-state index contributed by atoms with van der Waals surface area (Å²) in [5, 5.41) is 13.9. The summed E-state index contributed by atoms with van der Waals surface area (Å²) in [5.41, 5.74) is 0.945. The number of fused-ring (bicyclic) bond motifs is 1. The topological polar surface area (TPSA) is 49.3 Å². The van der Waals surface area contributed by atoms with Gasteiger partial charge in [0.1, 0.15) is 0 Å². The van der Waals surface area contributed by atoms with Crippen molar-refractivity contribution in [2.45, 2.75) is 6.42 Å². The van der Waals surface area contributed by atoms with Gasteiger partial charge >= 0.3 is 5.97 Å². The van der Waals surface area contributed by atoms with Crippen LogP contribution in [-0.2, 0) is 4.79 Å². The van der Waals surface area contributed by atoms with E-state index in [1.54, 1.807) is 0 Å². The first-order chi connectivity index (χ1) is 8.15. The molecule has 2 aromatic carbocycles. The fourth-order valence-corrected chi connectivity index (χ4v) is 2.02. The Balaban J connectivity index is 2.14. The number of nitrogens with one attached hydrogen (secondary N) is 1. The summed E-state index contributed by atoms with van der Waals surface area (Å²) in [4.78, 5) is 10.4. The molecule has 2 N–H and O–H groups in total. The van der Waals surface area contributed by atoms with Crippen LogP contribution in [0.25, 0.3) is 10.8 Å². The summed E-state index contributed by atoms with van der Waals surface area (Å²) in [6, 6.07) is 12.1. The minimum Gasteiger partial charge on any atom is -0.481 e. The minimum absolute atomic E-state index is 0.123. The molecule has 0 atom stereocenters. The highest BCUT2D eigenvalue weighted by atomic mass is 79.9. The van der Waals surface area contributed by atoms with Crippen LogP contribution in [-0.4, -0.2) is 17.6 Å². The van der Waals surface area contributed by atoms with Gasteiger partial charge in [0.05, 0.1) is 6.42 Å². The van der Waals surface area contributed by atoms with Crippen LogP contribution in [0.4, 0.5) is 5.69 Å². The molecule has 0 aromatic heterocycles. The molecule has 0 spiro atoms. The lowest BCUT2D eigenvalue weighted by Gasteiger charge is -2.06. The van der Waals surface area contributed by atoms with Gasteiger partial charge in [0.25, 0.3) is 0 Å². The largest absolute Gasteiger partial charge is 0.481 e. The molecule has 3 nitrogen and oxygen atoms in total. The van der Waals surface area contributed by atoms with Crippen molar-refractivity contribution in [2.75, 3.05) is 11.9 Å². The molecule has 88 valence electrons. The highest BCUT2D eigenvalue weighted by Gasteiger charge is 1.99. The monoisotopic (exact) mass is 293 g/mol. The molecule has 0 heterocycles. The van der Waals surface area contributed by atoms with E-state index in [1.165, 1.54) is 0 Å². The van der Waals surface area contributed by atoms with Gasteiger partial charge in [0.15, 0.2) is 0 Å². The number of anilines is 1. The van der Waals surface area contributed by atoms with E-state index in [1.807, 2.05) is 30.3 Å². The first-order valence-electron chi connectivity index (χ1n) is 5.30. The van der Waals surface area contributed by atoms with E-state index in [0.717, 1.165) is 20.9 Å². The molecule has 0 fully saturated rings. The number of halogens is 1. The lowest BCUT2D eigenvalue weighted by Crippen LogP contribution is -2.07. The third kappa shape index (κ3) is 3.20. The first kappa shape index (κ1) is 11.9. The molecule has 0 aliphatic heterocycles. The number of aliphatic carboxylic acids is 1. The molecule has 17 heavy (non-hydrogen) atoms. The second kappa shape index (κ2) is 5.19. The summed E-state index contributed by atoms with van der Waals surface area (Å²) < 4.78 is 1.05. The molecule has 0 saturated carbocycles. The molecule has 0 radical (unpaired) electrons. The lowest BCUT2D eigenvalue weighted by molar-refractivity contribution is -0.136. The Kier molecular flexibility index (Phi) is 3.64. The number of carbonyl (C=O) groups is 1. The molecular formula is C13H12BrNO2. The number of benzene rings is 2. The fourth-order valence-electron chi connectivity index (χ4n) is 1.64. The van der Waals surface area contributed by atoms with E-state index in [9.17, 15) is 4.79 Å². The zero-order valence-corrected chi connectivity index (χ0v) is 10.7. The van der Waals surface area contributed by atoms with Gasteiger partial charge in [0.2, 0.25) is 0 Å². The van der Waals surface area contributed by atoms with Crippen LogP contribution in [0, 0.1) is 0 Å². The van der Waals surface area contributed by atoms with Crippen LogP contribution in [0.5, 0.6) is 0 Å². The van der Waals surface area contributed by atoms with Gasteiger partial charge in [-0.05, 0) is 35.0 Å². The van der Waals surface area contributed by atoms with E-state index >= 15 is 0 Å². The minimum atomic E-state index is -0.790. The summed E-state index contributed by atoms with van der Waals surface area (Å²) in [6.07, 6.45) is 0.123. The van der Waals surface area contributed by atoms with Crippen molar-refractivity contribution in [3.63, 3.8) is 0 Å². The maximum atomic E-state index is 10.4. The Morgan fingerprint density at radius 3 is 2.65 bits per heavy atom. The standard InChI is InChI=1S/C13H12BrNO2/c14-11-3-1-10-8-12(4-2-9(10)7-11)15-6-5-13(16)17/h1-4,7-8,15H,5-6H2,(H,16,17). The Labute approximate surface area is 108 Å². The average Bonchev–Trinajstić information content (AvgIpc) is 2.29. The summed E-state index contributed by atoms with van der Waals surface area (Å²) in [6.45, 7) is 0.442. The van der Waals surface area contributed by atoms with Crippen LogP contribution in [0.3, 0.4) is 0 Å². The molecule has 0 aliphatic carbocycles. The Morgan fingerprint density at radius 2 is 1.88 bits per heavy atom. The van der Waals surface area contributed by atoms with Gasteiger partial charge in [-0.15, -0.1) is 0 Å². The van der Waals surface area contributed by atoms with Gasteiger partial charge in [-0.25, -0.2) is 0 Å². The highest BCUT2D eigenvalue weighted by Crippen LogP contribution is 2.22. The van der Waals surface area contributed by atoms with Crippen molar-refractivity contribution in [3.8, 4) is 0 Å². The summed E-state index contributed by atoms with van der Waals surface area (Å²) >= 11 is 3.43. The molecule has 0 amide bonds. The molecule has 0 aliphatic rings. The van der Waals surface area contributed by atoms with Crippen LogP contribution >= 0.6 is 15.9 Å². The Hall–Kier alpha value is -1.55. The van der Waals surface area contributed by atoms with Gasteiger partial charge in [-0.1, -0.05) is 28.1 Å². The van der Waals surface area contributed by atoms with E-state index in [2.05, 4.69) is 27.3 Å². The first-order valence-corrected chi connectivity index (χ1v) is 6.09. The molecular weight excluding hydrogens is 282 g/mol. The quantitative estimate of drug-likeness (QED) is 0.907. The number of carboxylic acid groups (broad SMARTS) is 1. The lowest BCUT2D eigenvalue weighted by atomic mass is 10.1. The number of rotatable bonds is 4. The van der Waals surface area contributed by atoms with Crippen LogP contribution in [0.2, 0.25) is 0 Å². The SMILES string of the molecule is O=C(O)CCNc1ccc2cc(Br)ccc2c1. The average molecular weight is 294 g/mol. The number of hydrogen-bond acceptors (Lipinski definition) is 2. The van der Waals surface area contributed by atoms with Crippen molar-refractivity contribution >= 4 is 38.4 Å². The number of carboxylic acids is 1. The second-order valence-corrected chi connectivity index (χ2v) is 4.69. The van der Waals surface area contributed by atoms with Gasteiger partial charge in [0, 0.05) is 16.7 Å². The molecule has 0 bridgehead atoms. The van der Waals surface area contributed by atoms with E-state index in [0.29, 0.717) is 6.54 Å². The molecule has 0 unspecified atom stereocenters. The Bertz CT molecular complexity index is 554. The summed E-state index contributed by atoms with van der Waals surface area (Å²) in [5.74, 6) is -0.790. The zero-order valence-electron chi connectivity index (χ0n) is 9.11. The zero-order chi connectivity index (χ0) is 12.3. The molecule has 2 rings (SSSR count). The van der Waals surface area contributed by atoms with Crippen LogP contribution < -0.4 is 5.32 Å². The summed E-state index contributed by atoms with van der Waals surface area (Å²) in [7, 11) is 0. The van der Waals surface area contributed by atoms with E-state index in [-0.39, 0.29) is 6.42 Å². The van der Waals surface area contributed by atoms with Gasteiger partial charge < -0.3 is 10.4 Å². The van der Waals surface area contributed by atoms with Crippen molar-refractivity contribution in [3.05, 3.63) is 40.9 Å². The smallest absolute Gasteiger partial charge is 0.305 e. The predicted octanol–water partition coefficient (Wildman–Crippen LogP) is 3.49. The maximum Gasteiger partial charge on any atom is 0.305 e. The molecule has 4 heteroatoms. The van der Waals surface area contributed by atoms with Crippen LogP contribution in [0.15, 0.2) is 40.9 Å². The van der Waals surface area contributed by atoms with E-state index < -0.39 is 5.97 Å². The maximum absolute atomic E-state index is 10.4. The third-order valence-corrected chi connectivity index (χ3v) is 2.96. The van der Waals surface area contributed by atoms with Gasteiger partial charge in [-0.2, -0.15) is 0 Å². The molecule has 0 saturated heterocycles. The fraction of sp³-hybridized carbons (Fsp3) is 0.154. The number of hydrogen-bond donors (Lipinski definition) is 2. The van der Waals surface area contributed by atoms with Crippen molar-refractivity contribution < 1.29 is 9.90 Å². The third-order valence-electron chi connectivity index (χ3n) is 2.47. The predicted molar refractivity (Wildman–Crippen MR) is 72.4 cm³/mol. The second-order valence-electron chi connectivity index (χ2n) is 3.78. The van der Waals surface area contributed by atoms with E-state index in [4.69, 9.17) is 5.11 Å².